The van der Waals surface area contributed by atoms with Crippen LogP contribution in [0.1, 0.15) is 5.56 Å². The van der Waals surface area contributed by atoms with Gasteiger partial charge in [-0.1, -0.05) is 6.07 Å². The predicted molar refractivity (Wildman–Crippen MR) is 79.1 cm³/mol. The molecule has 96 valence electrons. The molecule has 0 heterocycles. The second kappa shape index (κ2) is 6.53. The van der Waals surface area contributed by atoms with Gasteiger partial charge in [0, 0.05) is 3.57 Å². The van der Waals surface area contributed by atoms with Crippen LogP contribution in [-0.4, -0.2) is 0 Å². The second-order valence-electron chi connectivity index (χ2n) is 3.69. The number of rotatable bonds is 0. The maximum Gasteiger partial charge on any atom is 0.147 e. The molecule has 2 rings (SSSR count). The van der Waals surface area contributed by atoms with Crippen molar-refractivity contribution in [2.45, 2.75) is 6.92 Å². The average Bonchev–Trinajstić information content (AvgIpc) is 2.30. The molecule has 0 aliphatic heterocycles. The molecule has 0 atom stereocenters. The van der Waals surface area contributed by atoms with Gasteiger partial charge >= 0.3 is 0 Å². The summed E-state index contributed by atoms with van der Waals surface area (Å²) in [7, 11) is 0. The summed E-state index contributed by atoms with van der Waals surface area (Å²) < 4.78 is 25.7. The van der Waals surface area contributed by atoms with Gasteiger partial charge in [-0.15, -0.1) is 0 Å². The zero-order valence-corrected chi connectivity index (χ0v) is 11.9. The molecule has 0 saturated carbocycles. The molecule has 2 aromatic rings. The minimum atomic E-state index is -0.347. The summed E-state index contributed by atoms with van der Waals surface area (Å²) in [4.78, 5) is 0. The van der Waals surface area contributed by atoms with E-state index in [2.05, 4.69) is 0 Å². The number of anilines is 2. The Labute approximate surface area is 118 Å². The highest BCUT2D eigenvalue weighted by molar-refractivity contribution is 14.1. The SMILES string of the molecule is Cc1ccc(F)c(N)c1.Nc1ccc(I)cc1F. The largest absolute Gasteiger partial charge is 0.396 e. The first-order valence-electron chi connectivity index (χ1n) is 5.12. The van der Waals surface area contributed by atoms with Crippen molar-refractivity contribution in [3.05, 3.63) is 57.2 Å². The number of benzene rings is 2. The van der Waals surface area contributed by atoms with Crippen LogP contribution in [0.5, 0.6) is 0 Å². The number of hydrogen-bond acceptors (Lipinski definition) is 2. The van der Waals surface area contributed by atoms with E-state index in [9.17, 15) is 8.78 Å². The van der Waals surface area contributed by atoms with Crippen LogP contribution in [0.4, 0.5) is 20.2 Å². The van der Waals surface area contributed by atoms with Crippen molar-refractivity contribution in [2.24, 2.45) is 0 Å². The highest BCUT2D eigenvalue weighted by Gasteiger charge is 1.95. The fourth-order valence-corrected chi connectivity index (χ4v) is 1.62. The van der Waals surface area contributed by atoms with E-state index in [0.29, 0.717) is 0 Å². The van der Waals surface area contributed by atoms with Crippen LogP contribution in [0.3, 0.4) is 0 Å². The zero-order valence-electron chi connectivity index (χ0n) is 9.75. The number of nitrogen functional groups attached to an aromatic ring is 2. The third kappa shape index (κ3) is 4.48. The average molecular weight is 362 g/mol. The zero-order chi connectivity index (χ0) is 13.7. The summed E-state index contributed by atoms with van der Waals surface area (Å²) >= 11 is 2.03. The standard InChI is InChI=1S/C7H8FN.C6H5FIN/c1-5-2-3-6(8)7(9)4-5;7-5-3-4(8)1-2-6(5)9/h2-4H,9H2,1H3;1-3H,9H2. The highest BCUT2D eigenvalue weighted by atomic mass is 127. The molecule has 0 fully saturated rings. The van der Waals surface area contributed by atoms with Crippen molar-refractivity contribution >= 4 is 34.0 Å². The fourth-order valence-electron chi connectivity index (χ4n) is 1.16. The molecule has 0 saturated heterocycles. The van der Waals surface area contributed by atoms with Crippen molar-refractivity contribution in [1.82, 2.24) is 0 Å². The summed E-state index contributed by atoms with van der Waals surface area (Å²) in [5.74, 6) is -0.692. The van der Waals surface area contributed by atoms with Gasteiger partial charge in [0.1, 0.15) is 11.6 Å². The molecule has 4 N–H and O–H groups in total. The van der Waals surface area contributed by atoms with E-state index in [1.54, 1.807) is 24.3 Å². The molecule has 0 spiro atoms. The lowest BCUT2D eigenvalue weighted by atomic mass is 10.2. The Morgan fingerprint density at radius 1 is 0.889 bits per heavy atom. The lowest BCUT2D eigenvalue weighted by Gasteiger charge is -1.95. The molecule has 0 aliphatic carbocycles. The Morgan fingerprint density at radius 3 is 2.00 bits per heavy atom. The Kier molecular flexibility index (Phi) is 5.33. The van der Waals surface area contributed by atoms with Crippen LogP contribution in [0, 0.1) is 22.1 Å². The van der Waals surface area contributed by atoms with Gasteiger partial charge in [0.05, 0.1) is 11.4 Å². The fraction of sp³-hybridized carbons (Fsp3) is 0.0769. The molecule has 0 unspecified atom stereocenters. The molecule has 2 aromatic carbocycles. The smallest absolute Gasteiger partial charge is 0.147 e. The van der Waals surface area contributed by atoms with E-state index in [0.717, 1.165) is 9.13 Å². The number of aryl methyl sites for hydroxylation is 1. The van der Waals surface area contributed by atoms with Crippen LogP contribution in [-0.2, 0) is 0 Å². The van der Waals surface area contributed by atoms with Gasteiger partial charge < -0.3 is 11.5 Å². The van der Waals surface area contributed by atoms with E-state index in [1.165, 1.54) is 12.1 Å². The maximum atomic E-state index is 12.4. The van der Waals surface area contributed by atoms with Crippen LogP contribution in [0.2, 0.25) is 0 Å². The van der Waals surface area contributed by atoms with Crippen molar-refractivity contribution in [2.75, 3.05) is 11.5 Å². The van der Waals surface area contributed by atoms with E-state index in [1.807, 2.05) is 29.5 Å². The van der Waals surface area contributed by atoms with Crippen LogP contribution in [0.15, 0.2) is 36.4 Å². The molecule has 2 nitrogen and oxygen atoms in total. The third-order valence-electron chi connectivity index (χ3n) is 2.11. The Balaban J connectivity index is 0.000000180. The molecule has 0 radical (unpaired) electrons. The molecular weight excluding hydrogens is 349 g/mol. The summed E-state index contributed by atoms with van der Waals surface area (Å²) in [6, 6.07) is 9.37. The molecule has 0 amide bonds. The van der Waals surface area contributed by atoms with E-state index in [-0.39, 0.29) is 23.0 Å². The van der Waals surface area contributed by atoms with Crippen molar-refractivity contribution in [3.63, 3.8) is 0 Å². The van der Waals surface area contributed by atoms with Gasteiger partial charge in [0.15, 0.2) is 0 Å². The quantitative estimate of drug-likeness (QED) is 0.554. The first-order valence-corrected chi connectivity index (χ1v) is 6.20. The number of nitrogens with two attached hydrogens (primary N) is 2. The first-order chi connectivity index (χ1) is 8.40. The monoisotopic (exact) mass is 362 g/mol. The highest BCUT2D eigenvalue weighted by Crippen LogP contribution is 2.12. The van der Waals surface area contributed by atoms with Gasteiger partial charge in [0.2, 0.25) is 0 Å². The van der Waals surface area contributed by atoms with Crippen LogP contribution >= 0.6 is 22.6 Å². The number of hydrogen-bond donors (Lipinski definition) is 2. The van der Waals surface area contributed by atoms with Crippen LogP contribution < -0.4 is 11.5 Å². The predicted octanol–water partition coefficient (Wildman–Crippen LogP) is 3.73. The van der Waals surface area contributed by atoms with Gasteiger partial charge in [-0.05, 0) is 65.4 Å². The van der Waals surface area contributed by atoms with Gasteiger partial charge in [-0.25, -0.2) is 8.78 Å². The summed E-state index contributed by atoms with van der Waals surface area (Å²) in [6.07, 6.45) is 0. The molecule has 0 bridgehead atoms. The van der Waals surface area contributed by atoms with E-state index < -0.39 is 0 Å². The maximum absolute atomic E-state index is 12.4. The minimum Gasteiger partial charge on any atom is -0.396 e. The molecular formula is C13H13F2IN2. The number of halogens is 3. The van der Waals surface area contributed by atoms with Gasteiger partial charge in [-0.3, -0.25) is 0 Å². The van der Waals surface area contributed by atoms with E-state index in [4.69, 9.17) is 11.5 Å². The van der Waals surface area contributed by atoms with Gasteiger partial charge in [-0.2, -0.15) is 0 Å². The Hall–Kier alpha value is -1.37. The molecule has 5 heteroatoms. The van der Waals surface area contributed by atoms with E-state index >= 15 is 0 Å². The molecule has 18 heavy (non-hydrogen) atoms. The first kappa shape index (κ1) is 14.7. The lowest BCUT2D eigenvalue weighted by Crippen LogP contribution is -1.89. The lowest BCUT2D eigenvalue weighted by molar-refractivity contribution is 0.631. The second-order valence-corrected chi connectivity index (χ2v) is 4.94. The topological polar surface area (TPSA) is 52.0 Å². The molecule has 0 aromatic heterocycles. The van der Waals surface area contributed by atoms with Crippen molar-refractivity contribution in [1.29, 1.82) is 0 Å². The Morgan fingerprint density at radius 2 is 1.56 bits per heavy atom. The Bertz CT molecular complexity index is 495. The van der Waals surface area contributed by atoms with Crippen molar-refractivity contribution < 1.29 is 8.78 Å². The molecule has 0 aliphatic rings. The van der Waals surface area contributed by atoms with Gasteiger partial charge in [0.25, 0.3) is 0 Å². The summed E-state index contributed by atoms with van der Waals surface area (Å²) in [5, 5.41) is 0. The summed E-state index contributed by atoms with van der Waals surface area (Å²) in [6.45, 7) is 1.87. The van der Waals surface area contributed by atoms with Crippen molar-refractivity contribution in [3.8, 4) is 0 Å². The third-order valence-corrected chi connectivity index (χ3v) is 2.78. The van der Waals surface area contributed by atoms with Crippen LogP contribution in [0.25, 0.3) is 0 Å². The summed E-state index contributed by atoms with van der Waals surface area (Å²) in [5.41, 5.74) is 11.9. The minimum absolute atomic E-state index is 0.204. The normalized spacial score (nSPS) is 9.56.